The van der Waals surface area contributed by atoms with E-state index in [2.05, 4.69) is 34.9 Å². The summed E-state index contributed by atoms with van der Waals surface area (Å²) in [5.41, 5.74) is 0.345. The average Bonchev–Trinajstić information content (AvgIpc) is 3.27. The van der Waals surface area contributed by atoms with Crippen molar-refractivity contribution in [1.29, 1.82) is 0 Å². The molecule has 0 saturated heterocycles. The molecule has 0 unspecified atom stereocenters. The smallest absolute Gasteiger partial charge is 0.243 e. The molecule has 0 aliphatic rings. The Morgan fingerprint density at radius 1 is 1.00 bits per heavy atom. The van der Waals surface area contributed by atoms with Crippen LogP contribution < -0.4 is 14.2 Å². The number of para-hydroxylation sites is 1. The summed E-state index contributed by atoms with van der Waals surface area (Å²) in [5.74, 6) is 0.519. The van der Waals surface area contributed by atoms with Crippen molar-refractivity contribution < 1.29 is 22.3 Å². The first-order valence-electron chi connectivity index (χ1n) is 10.3. The second-order valence-electron chi connectivity index (χ2n) is 7.25. The minimum absolute atomic E-state index is 0.0591. The number of nitrogens with zero attached hydrogens (tertiary/aromatic N) is 7. The third-order valence-electron chi connectivity index (χ3n) is 4.96. The van der Waals surface area contributed by atoms with E-state index in [0.717, 1.165) is 12.4 Å². The van der Waals surface area contributed by atoms with Gasteiger partial charge in [0.25, 0.3) is 0 Å². The maximum Gasteiger partial charge on any atom is 0.243 e. The number of halogens is 1. The van der Waals surface area contributed by atoms with Crippen molar-refractivity contribution in [3.63, 3.8) is 0 Å². The van der Waals surface area contributed by atoms with E-state index in [1.54, 1.807) is 24.3 Å². The molecule has 0 spiro atoms. The number of benzene rings is 1. The zero-order chi connectivity index (χ0) is 25.0. The number of rotatable bonds is 9. The molecular formula is C21H21FN8O4S. The summed E-state index contributed by atoms with van der Waals surface area (Å²) in [6.45, 7) is 1.47. The van der Waals surface area contributed by atoms with Gasteiger partial charge in [0.2, 0.25) is 21.8 Å². The largest absolute Gasteiger partial charge is 0.494 e. The zero-order valence-corrected chi connectivity index (χ0v) is 19.8. The SMILES string of the molecule is COc1cccc(OC)c1-n1c(NS(=O)(=O)[C@H](C)Cc2ncc(F)cn2)nnc1-c1ncccn1. The van der Waals surface area contributed by atoms with E-state index in [-0.39, 0.29) is 29.8 Å². The number of methoxy groups -OCH3 is 2. The van der Waals surface area contributed by atoms with Crippen LogP contribution in [-0.4, -0.2) is 62.6 Å². The molecule has 4 rings (SSSR count). The van der Waals surface area contributed by atoms with Crippen LogP contribution in [0.2, 0.25) is 0 Å². The van der Waals surface area contributed by atoms with Gasteiger partial charge in [-0.3, -0.25) is 9.29 Å². The van der Waals surface area contributed by atoms with Crippen LogP contribution in [0.4, 0.5) is 10.3 Å². The lowest BCUT2D eigenvalue weighted by Crippen LogP contribution is -2.29. The van der Waals surface area contributed by atoms with E-state index in [0.29, 0.717) is 17.2 Å². The normalized spacial score (nSPS) is 12.2. The van der Waals surface area contributed by atoms with E-state index >= 15 is 0 Å². The fourth-order valence-electron chi connectivity index (χ4n) is 3.21. The molecule has 0 aliphatic carbocycles. The van der Waals surface area contributed by atoms with Crippen LogP contribution in [-0.2, 0) is 16.4 Å². The van der Waals surface area contributed by atoms with Gasteiger partial charge < -0.3 is 9.47 Å². The van der Waals surface area contributed by atoms with E-state index in [1.165, 1.54) is 38.1 Å². The lowest BCUT2D eigenvalue weighted by Gasteiger charge is -2.18. The van der Waals surface area contributed by atoms with Crippen molar-refractivity contribution in [2.45, 2.75) is 18.6 Å². The van der Waals surface area contributed by atoms with Crippen LogP contribution in [0, 0.1) is 5.82 Å². The predicted octanol–water partition coefficient (Wildman–Crippen LogP) is 2.04. The van der Waals surface area contributed by atoms with Gasteiger partial charge in [0.15, 0.2) is 11.6 Å². The molecule has 35 heavy (non-hydrogen) atoms. The van der Waals surface area contributed by atoms with Crippen LogP contribution >= 0.6 is 0 Å². The number of aromatic nitrogens is 7. The van der Waals surface area contributed by atoms with Gasteiger partial charge in [-0.1, -0.05) is 6.07 Å². The molecule has 0 fully saturated rings. The molecule has 0 amide bonds. The highest BCUT2D eigenvalue weighted by Crippen LogP contribution is 2.37. The van der Waals surface area contributed by atoms with Gasteiger partial charge >= 0.3 is 0 Å². The predicted molar refractivity (Wildman–Crippen MR) is 123 cm³/mol. The Balaban J connectivity index is 1.79. The molecule has 0 aliphatic heterocycles. The van der Waals surface area contributed by atoms with Crippen LogP contribution in [0.15, 0.2) is 49.1 Å². The standard InChI is InChI=1S/C21H21FN8O4S/c1-13(10-17-25-11-14(22)12-26-17)35(31,32)29-21-28-27-20(19-23-8-5-9-24-19)30(21)18-15(33-2)6-4-7-16(18)34-3/h4-9,11-13H,10H2,1-3H3,(H,28,29)/t13-/m1/s1. The molecule has 3 heterocycles. The average molecular weight is 501 g/mol. The second kappa shape index (κ2) is 9.97. The summed E-state index contributed by atoms with van der Waals surface area (Å²) >= 11 is 0. The molecule has 1 atom stereocenters. The van der Waals surface area contributed by atoms with E-state index in [9.17, 15) is 12.8 Å². The molecule has 0 bridgehead atoms. The van der Waals surface area contributed by atoms with Crippen molar-refractivity contribution in [3.8, 4) is 28.8 Å². The minimum atomic E-state index is -4.03. The lowest BCUT2D eigenvalue weighted by molar-refractivity contribution is 0.391. The Labute approximate surface area is 200 Å². The van der Waals surface area contributed by atoms with Crippen molar-refractivity contribution in [2.24, 2.45) is 0 Å². The van der Waals surface area contributed by atoms with Gasteiger partial charge in [-0.2, -0.15) is 0 Å². The second-order valence-corrected chi connectivity index (χ2v) is 9.34. The van der Waals surface area contributed by atoms with Gasteiger partial charge in [-0.15, -0.1) is 10.2 Å². The number of nitrogens with one attached hydrogen (secondary N) is 1. The first kappa shape index (κ1) is 23.9. The highest BCUT2D eigenvalue weighted by molar-refractivity contribution is 7.93. The quantitative estimate of drug-likeness (QED) is 0.362. The third kappa shape index (κ3) is 5.01. The minimum Gasteiger partial charge on any atom is -0.494 e. The molecule has 0 saturated carbocycles. The Hall–Kier alpha value is -4.20. The van der Waals surface area contributed by atoms with E-state index in [4.69, 9.17) is 9.47 Å². The van der Waals surface area contributed by atoms with Gasteiger partial charge in [0.1, 0.15) is 23.0 Å². The Morgan fingerprint density at radius 3 is 2.23 bits per heavy atom. The summed E-state index contributed by atoms with van der Waals surface area (Å²) in [4.78, 5) is 16.1. The van der Waals surface area contributed by atoms with Gasteiger partial charge in [0, 0.05) is 18.8 Å². The summed E-state index contributed by atoms with van der Waals surface area (Å²) < 4.78 is 54.4. The number of ether oxygens (including phenoxy) is 2. The number of anilines is 1. The topological polar surface area (TPSA) is 147 Å². The Kier molecular flexibility index (Phi) is 6.82. The van der Waals surface area contributed by atoms with E-state index < -0.39 is 21.1 Å². The molecule has 14 heteroatoms. The number of hydrogen-bond acceptors (Lipinski definition) is 10. The van der Waals surface area contributed by atoms with Crippen LogP contribution in [0.1, 0.15) is 12.7 Å². The van der Waals surface area contributed by atoms with Crippen molar-refractivity contribution in [3.05, 3.63) is 60.7 Å². The molecule has 4 aromatic rings. The summed E-state index contributed by atoms with van der Waals surface area (Å²) in [5, 5.41) is 7.20. The van der Waals surface area contributed by atoms with Gasteiger partial charge in [0.05, 0.1) is 31.9 Å². The lowest BCUT2D eigenvalue weighted by atomic mass is 10.2. The van der Waals surface area contributed by atoms with Crippen LogP contribution in [0.5, 0.6) is 11.5 Å². The zero-order valence-electron chi connectivity index (χ0n) is 19.0. The molecule has 1 N–H and O–H groups in total. The molecule has 1 aromatic carbocycles. The maximum absolute atomic E-state index is 13.2. The molecule has 0 radical (unpaired) electrons. The van der Waals surface area contributed by atoms with E-state index in [1.807, 2.05) is 0 Å². The highest BCUT2D eigenvalue weighted by atomic mass is 32.2. The molecule has 3 aromatic heterocycles. The van der Waals surface area contributed by atoms with Crippen LogP contribution in [0.25, 0.3) is 17.3 Å². The van der Waals surface area contributed by atoms with Crippen molar-refractivity contribution in [2.75, 3.05) is 18.9 Å². The summed E-state index contributed by atoms with van der Waals surface area (Å²) in [7, 11) is -1.09. The number of hydrogen-bond donors (Lipinski definition) is 1. The van der Waals surface area contributed by atoms with Gasteiger partial charge in [-0.05, 0) is 25.1 Å². The molecule has 12 nitrogen and oxygen atoms in total. The molecular weight excluding hydrogens is 479 g/mol. The van der Waals surface area contributed by atoms with Crippen molar-refractivity contribution in [1.82, 2.24) is 34.7 Å². The fraction of sp³-hybridized carbons (Fsp3) is 0.238. The van der Waals surface area contributed by atoms with Gasteiger partial charge in [-0.25, -0.2) is 32.7 Å². The Bertz CT molecular complexity index is 1390. The number of sulfonamides is 1. The fourth-order valence-corrected chi connectivity index (χ4v) is 4.17. The maximum atomic E-state index is 13.2. The first-order valence-corrected chi connectivity index (χ1v) is 11.8. The monoisotopic (exact) mass is 500 g/mol. The van der Waals surface area contributed by atoms with Crippen molar-refractivity contribution >= 4 is 16.0 Å². The Morgan fingerprint density at radius 2 is 1.63 bits per heavy atom. The van der Waals surface area contributed by atoms with Crippen LogP contribution in [0.3, 0.4) is 0 Å². The first-order chi connectivity index (χ1) is 16.8. The third-order valence-corrected chi connectivity index (χ3v) is 6.65. The summed E-state index contributed by atoms with van der Waals surface area (Å²) in [6.07, 6.45) is 4.94. The molecule has 182 valence electrons. The summed E-state index contributed by atoms with van der Waals surface area (Å²) in [6, 6.07) is 6.72. The highest BCUT2D eigenvalue weighted by Gasteiger charge is 2.29.